The molecule has 0 unspecified atom stereocenters. The zero-order chi connectivity index (χ0) is 14.7. The van der Waals surface area contributed by atoms with Crippen molar-refractivity contribution in [2.75, 3.05) is 12.4 Å². The topological polar surface area (TPSA) is 51.2 Å². The van der Waals surface area contributed by atoms with Crippen molar-refractivity contribution in [2.24, 2.45) is 0 Å². The number of hydrogen-bond acceptors (Lipinski definition) is 4. The van der Waals surface area contributed by atoms with Crippen LogP contribution in [0.3, 0.4) is 0 Å². The molecule has 2 aromatic rings. The van der Waals surface area contributed by atoms with Crippen molar-refractivity contribution in [3.63, 3.8) is 0 Å². The van der Waals surface area contributed by atoms with Gasteiger partial charge in [-0.15, -0.1) is 0 Å². The van der Waals surface area contributed by atoms with Gasteiger partial charge in [0.2, 0.25) is 0 Å². The smallest absolute Gasteiger partial charge is 0.339 e. The Hall–Kier alpha value is -2.14. The summed E-state index contributed by atoms with van der Waals surface area (Å²) in [5.41, 5.74) is 1.73. The lowest BCUT2D eigenvalue weighted by Gasteiger charge is -2.12. The molecule has 0 radical (unpaired) electrons. The fraction of sp³-hybridized carbons (Fsp3) is 0.143. The van der Waals surface area contributed by atoms with Crippen molar-refractivity contribution >= 4 is 28.9 Å². The first-order valence-corrected chi connectivity index (χ1v) is 6.15. The molecule has 6 heteroatoms. The zero-order valence-corrected chi connectivity index (χ0v) is 11.7. The average molecular weight is 295 g/mol. The first-order valence-electron chi connectivity index (χ1n) is 5.78. The number of carbonyl (C=O) groups is 1. The molecule has 0 atom stereocenters. The highest BCUT2D eigenvalue weighted by Crippen LogP contribution is 2.26. The molecule has 0 aliphatic carbocycles. The van der Waals surface area contributed by atoms with Crippen LogP contribution in [0, 0.1) is 12.7 Å². The van der Waals surface area contributed by atoms with E-state index in [1.54, 1.807) is 13.0 Å². The van der Waals surface area contributed by atoms with Gasteiger partial charge in [-0.05, 0) is 30.7 Å². The van der Waals surface area contributed by atoms with Crippen molar-refractivity contribution in [2.45, 2.75) is 6.92 Å². The van der Waals surface area contributed by atoms with Gasteiger partial charge in [0.1, 0.15) is 5.82 Å². The number of nitrogens with one attached hydrogen (secondary N) is 1. The molecule has 0 aliphatic rings. The Morgan fingerprint density at radius 2 is 2.10 bits per heavy atom. The number of methoxy groups -OCH3 is 1. The van der Waals surface area contributed by atoms with Crippen LogP contribution in [0.4, 0.5) is 15.8 Å². The number of esters is 1. The Balaban J connectivity index is 2.37. The van der Waals surface area contributed by atoms with Crippen LogP contribution in [0.25, 0.3) is 0 Å². The number of benzene rings is 1. The lowest BCUT2D eigenvalue weighted by molar-refractivity contribution is 0.0599. The second-order valence-corrected chi connectivity index (χ2v) is 4.54. The molecule has 1 aromatic carbocycles. The number of pyridine rings is 1. The van der Waals surface area contributed by atoms with E-state index in [1.165, 1.54) is 31.6 Å². The SMILES string of the molecule is COC(=O)c1cncc(Nc2ccc(Cl)cc2F)c1C. The van der Waals surface area contributed by atoms with Crippen LogP contribution in [0.15, 0.2) is 30.6 Å². The summed E-state index contributed by atoms with van der Waals surface area (Å²) in [6.45, 7) is 1.73. The van der Waals surface area contributed by atoms with Crippen LogP contribution in [0.5, 0.6) is 0 Å². The minimum absolute atomic E-state index is 0.251. The number of nitrogens with zero attached hydrogens (tertiary/aromatic N) is 1. The van der Waals surface area contributed by atoms with Gasteiger partial charge in [0.05, 0.1) is 30.2 Å². The third-order valence-corrected chi connectivity index (χ3v) is 3.06. The van der Waals surface area contributed by atoms with E-state index in [0.29, 0.717) is 21.8 Å². The van der Waals surface area contributed by atoms with Gasteiger partial charge >= 0.3 is 5.97 Å². The lowest BCUT2D eigenvalue weighted by Crippen LogP contribution is -2.07. The zero-order valence-electron chi connectivity index (χ0n) is 10.9. The molecule has 4 nitrogen and oxygen atoms in total. The summed E-state index contributed by atoms with van der Waals surface area (Å²) in [5.74, 6) is -0.976. The lowest BCUT2D eigenvalue weighted by atomic mass is 10.1. The summed E-state index contributed by atoms with van der Waals surface area (Å²) in [4.78, 5) is 15.5. The molecule has 1 heterocycles. The monoisotopic (exact) mass is 294 g/mol. The molecule has 0 bridgehead atoms. The maximum atomic E-state index is 13.7. The normalized spacial score (nSPS) is 10.2. The van der Waals surface area contributed by atoms with Gasteiger partial charge in [-0.3, -0.25) is 4.98 Å². The second kappa shape index (κ2) is 5.88. The highest BCUT2D eigenvalue weighted by Gasteiger charge is 2.13. The molecule has 0 saturated carbocycles. The average Bonchev–Trinajstić information content (AvgIpc) is 2.43. The van der Waals surface area contributed by atoms with E-state index in [4.69, 9.17) is 11.6 Å². The van der Waals surface area contributed by atoms with E-state index in [0.717, 1.165) is 0 Å². The molecule has 1 aromatic heterocycles. The third-order valence-electron chi connectivity index (χ3n) is 2.82. The molecule has 0 saturated heterocycles. The predicted octanol–water partition coefficient (Wildman–Crippen LogP) is 3.71. The molecular formula is C14H12ClFN2O2. The molecule has 0 fully saturated rings. The van der Waals surface area contributed by atoms with Crippen molar-refractivity contribution < 1.29 is 13.9 Å². The summed E-state index contributed by atoms with van der Waals surface area (Å²) in [5, 5.41) is 3.19. The van der Waals surface area contributed by atoms with Crippen LogP contribution in [0.2, 0.25) is 5.02 Å². The molecule has 0 amide bonds. The number of anilines is 2. The van der Waals surface area contributed by atoms with Crippen molar-refractivity contribution in [3.05, 3.63) is 52.6 Å². The van der Waals surface area contributed by atoms with Crippen molar-refractivity contribution in [1.82, 2.24) is 4.98 Å². The van der Waals surface area contributed by atoms with E-state index in [-0.39, 0.29) is 5.69 Å². The van der Waals surface area contributed by atoms with Crippen molar-refractivity contribution in [1.29, 1.82) is 0 Å². The number of halogens is 2. The molecule has 0 aliphatic heterocycles. The van der Waals surface area contributed by atoms with Crippen LogP contribution >= 0.6 is 11.6 Å². The minimum atomic E-state index is -0.491. The van der Waals surface area contributed by atoms with Gasteiger partial charge in [-0.2, -0.15) is 0 Å². The minimum Gasteiger partial charge on any atom is -0.465 e. The number of carbonyl (C=O) groups excluding carboxylic acids is 1. The largest absolute Gasteiger partial charge is 0.465 e. The standard InChI is InChI=1S/C14H12ClFN2O2/c1-8-10(14(19)20-2)6-17-7-13(8)18-12-4-3-9(15)5-11(12)16/h3-7,18H,1-2H3. The van der Waals surface area contributed by atoms with Crippen LogP contribution < -0.4 is 5.32 Å². The highest BCUT2D eigenvalue weighted by atomic mass is 35.5. The van der Waals surface area contributed by atoms with Gasteiger partial charge < -0.3 is 10.1 Å². The van der Waals surface area contributed by atoms with E-state index in [1.807, 2.05) is 0 Å². The Morgan fingerprint density at radius 3 is 2.75 bits per heavy atom. The fourth-order valence-corrected chi connectivity index (χ4v) is 1.86. The molecular weight excluding hydrogens is 283 g/mol. The van der Waals surface area contributed by atoms with Gasteiger partial charge in [-0.25, -0.2) is 9.18 Å². The van der Waals surface area contributed by atoms with E-state index in [2.05, 4.69) is 15.0 Å². The molecule has 20 heavy (non-hydrogen) atoms. The van der Waals surface area contributed by atoms with Crippen LogP contribution in [-0.2, 0) is 4.74 Å². The Labute approximate surface area is 120 Å². The summed E-state index contributed by atoms with van der Waals surface area (Å²) >= 11 is 5.70. The van der Waals surface area contributed by atoms with Crippen molar-refractivity contribution in [3.8, 4) is 0 Å². The first kappa shape index (κ1) is 14.3. The van der Waals surface area contributed by atoms with E-state index in [9.17, 15) is 9.18 Å². The Kier molecular flexibility index (Phi) is 4.20. The molecule has 0 spiro atoms. The molecule has 2 rings (SSSR count). The quantitative estimate of drug-likeness (QED) is 0.877. The first-order chi connectivity index (χ1) is 9.52. The van der Waals surface area contributed by atoms with E-state index >= 15 is 0 Å². The molecule has 1 N–H and O–H groups in total. The number of rotatable bonds is 3. The van der Waals surface area contributed by atoms with E-state index < -0.39 is 11.8 Å². The predicted molar refractivity (Wildman–Crippen MR) is 75.0 cm³/mol. The summed E-state index contributed by atoms with van der Waals surface area (Å²) in [6.07, 6.45) is 2.92. The summed E-state index contributed by atoms with van der Waals surface area (Å²) < 4.78 is 18.4. The number of aromatic nitrogens is 1. The highest BCUT2D eigenvalue weighted by molar-refractivity contribution is 6.30. The molecule has 104 valence electrons. The maximum absolute atomic E-state index is 13.7. The Morgan fingerprint density at radius 1 is 1.35 bits per heavy atom. The van der Waals surface area contributed by atoms with Gasteiger partial charge in [0, 0.05) is 11.2 Å². The summed E-state index contributed by atoms with van der Waals surface area (Å²) in [7, 11) is 1.29. The van der Waals surface area contributed by atoms with Crippen LogP contribution in [-0.4, -0.2) is 18.1 Å². The number of hydrogen-bond donors (Lipinski definition) is 1. The Bertz CT molecular complexity index is 662. The van der Waals surface area contributed by atoms with Gasteiger partial charge in [0.15, 0.2) is 0 Å². The maximum Gasteiger partial charge on any atom is 0.339 e. The fourth-order valence-electron chi connectivity index (χ4n) is 1.70. The van der Waals surface area contributed by atoms with Gasteiger partial charge in [-0.1, -0.05) is 11.6 Å². The van der Waals surface area contributed by atoms with Crippen LogP contribution in [0.1, 0.15) is 15.9 Å². The number of ether oxygens (including phenoxy) is 1. The summed E-state index contributed by atoms with van der Waals surface area (Å²) in [6, 6.07) is 4.29. The third kappa shape index (κ3) is 2.88. The van der Waals surface area contributed by atoms with Gasteiger partial charge in [0.25, 0.3) is 0 Å². The second-order valence-electron chi connectivity index (χ2n) is 4.10.